The number of rotatable bonds is 7. The molecule has 0 spiro atoms. The van der Waals surface area contributed by atoms with Crippen LogP contribution in [0.4, 0.5) is 0 Å². The van der Waals surface area contributed by atoms with Gasteiger partial charge in [-0.15, -0.1) is 0 Å². The van der Waals surface area contributed by atoms with Crippen LogP contribution in [0, 0.1) is 17.3 Å². The van der Waals surface area contributed by atoms with E-state index in [1.807, 2.05) is 0 Å². The van der Waals surface area contributed by atoms with E-state index in [2.05, 4.69) is 19.1 Å². The number of benzene rings is 1. The van der Waals surface area contributed by atoms with Gasteiger partial charge in [-0.2, -0.15) is 0 Å². The van der Waals surface area contributed by atoms with E-state index in [0.29, 0.717) is 18.8 Å². The molecule has 156 valence electrons. The molecule has 5 atom stereocenters. The average molecular weight is 391 g/mol. The molecular weight excluding hydrogens is 356 g/mol. The quantitative estimate of drug-likeness (QED) is 0.641. The van der Waals surface area contributed by atoms with Gasteiger partial charge in [0.2, 0.25) is 0 Å². The standard InChI is InChI=1S/C23H34O5/c1-23-10-9-16-17(19(23)7-8-22(23)28-14-25-3)6-5-15-11-21(27-13-24-2)20(26-4)12-18(15)16/h11-12,16-17,19,22H,5-10,13-14H2,1-4H3/t16-,17+,19-,22-,23-/m0/s1. The van der Waals surface area contributed by atoms with Gasteiger partial charge in [0.05, 0.1) is 13.2 Å². The Hall–Kier alpha value is -1.30. The van der Waals surface area contributed by atoms with E-state index in [4.69, 9.17) is 23.7 Å². The fourth-order valence-corrected chi connectivity index (χ4v) is 6.35. The summed E-state index contributed by atoms with van der Waals surface area (Å²) in [6.45, 7) is 3.11. The van der Waals surface area contributed by atoms with Crippen LogP contribution in [-0.2, 0) is 20.6 Å². The third kappa shape index (κ3) is 3.31. The highest BCUT2D eigenvalue weighted by molar-refractivity contribution is 5.50. The van der Waals surface area contributed by atoms with Crippen molar-refractivity contribution in [3.8, 4) is 11.5 Å². The van der Waals surface area contributed by atoms with Gasteiger partial charge in [-0.3, -0.25) is 0 Å². The average Bonchev–Trinajstić information content (AvgIpc) is 3.05. The Bertz CT molecular complexity index is 690. The molecule has 0 aromatic heterocycles. The topological polar surface area (TPSA) is 46.2 Å². The summed E-state index contributed by atoms with van der Waals surface area (Å²) in [5.41, 5.74) is 3.17. The first kappa shape index (κ1) is 20.0. The SMILES string of the molecule is COCOc1cc2c(cc1OC)[C@H]1CC[C@]3(C)[C@@H](OCOC)CC[C@H]3[C@@H]1CC2. The highest BCUT2D eigenvalue weighted by atomic mass is 16.7. The molecule has 0 amide bonds. The van der Waals surface area contributed by atoms with E-state index in [0.717, 1.165) is 36.2 Å². The Kier molecular flexibility index (Phi) is 5.86. The van der Waals surface area contributed by atoms with Crippen molar-refractivity contribution in [2.24, 2.45) is 17.3 Å². The van der Waals surface area contributed by atoms with Gasteiger partial charge in [0.1, 0.15) is 6.79 Å². The van der Waals surface area contributed by atoms with Gasteiger partial charge in [0.25, 0.3) is 0 Å². The second kappa shape index (κ2) is 8.21. The fraction of sp³-hybridized carbons (Fsp3) is 0.739. The Morgan fingerprint density at radius 2 is 1.79 bits per heavy atom. The zero-order chi connectivity index (χ0) is 19.7. The third-order valence-electron chi connectivity index (χ3n) is 7.64. The number of methoxy groups -OCH3 is 3. The predicted molar refractivity (Wildman–Crippen MR) is 107 cm³/mol. The molecule has 4 rings (SSSR count). The van der Waals surface area contributed by atoms with Gasteiger partial charge >= 0.3 is 0 Å². The smallest absolute Gasteiger partial charge is 0.188 e. The van der Waals surface area contributed by atoms with E-state index in [1.54, 1.807) is 21.3 Å². The molecule has 2 fully saturated rings. The van der Waals surface area contributed by atoms with Crippen LogP contribution in [0.5, 0.6) is 11.5 Å². The predicted octanol–water partition coefficient (Wildman–Crippen LogP) is 4.52. The molecule has 28 heavy (non-hydrogen) atoms. The van der Waals surface area contributed by atoms with Crippen molar-refractivity contribution >= 4 is 0 Å². The first-order chi connectivity index (χ1) is 13.6. The van der Waals surface area contributed by atoms with Crippen molar-refractivity contribution in [1.29, 1.82) is 0 Å². The van der Waals surface area contributed by atoms with Crippen molar-refractivity contribution in [2.45, 2.75) is 57.5 Å². The van der Waals surface area contributed by atoms with Crippen LogP contribution < -0.4 is 9.47 Å². The van der Waals surface area contributed by atoms with Gasteiger partial charge in [-0.05, 0) is 85.0 Å². The largest absolute Gasteiger partial charge is 0.493 e. The molecule has 0 bridgehead atoms. The Labute approximate surface area is 168 Å². The summed E-state index contributed by atoms with van der Waals surface area (Å²) in [6, 6.07) is 4.41. The lowest BCUT2D eigenvalue weighted by molar-refractivity contribution is -0.125. The van der Waals surface area contributed by atoms with E-state index in [1.165, 1.54) is 36.8 Å². The number of aryl methyl sites for hydroxylation is 1. The fourth-order valence-electron chi connectivity index (χ4n) is 6.35. The minimum Gasteiger partial charge on any atom is -0.493 e. The lowest BCUT2D eigenvalue weighted by atomic mass is 9.55. The highest BCUT2D eigenvalue weighted by Gasteiger charge is 2.55. The molecule has 0 N–H and O–H groups in total. The molecule has 0 radical (unpaired) electrons. The van der Waals surface area contributed by atoms with Crippen molar-refractivity contribution in [3.05, 3.63) is 23.3 Å². The molecule has 1 aromatic carbocycles. The van der Waals surface area contributed by atoms with Crippen LogP contribution in [0.1, 0.15) is 56.1 Å². The highest BCUT2D eigenvalue weighted by Crippen LogP contribution is 2.62. The van der Waals surface area contributed by atoms with Crippen LogP contribution in [0.15, 0.2) is 12.1 Å². The lowest BCUT2D eigenvalue weighted by Crippen LogP contribution is -2.44. The van der Waals surface area contributed by atoms with Crippen molar-refractivity contribution in [2.75, 3.05) is 34.9 Å². The second-order valence-electron chi connectivity index (χ2n) is 8.85. The molecule has 5 heteroatoms. The molecule has 3 aliphatic carbocycles. The summed E-state index contributed by atoms with van der Waals surface area (Å²) in [4.78, 5) is 0. The molecule has 0 aliphatic heterocycles. The Balaban J connectivity index is 1.59. The van der Waals surface area contributed by atoms with Crippen LogP contribution in [0.25, 0.3) is 0 Å². The summed E-state index contributed by atoms with van der Waals surface area (Å²) in [5.74, 6) is 3.69. The van der Waals surface area contributed by atoms with Gasteiger partial charge < -0.3 is 23.7 Å². The Morgan fingerprint density at radius 1 is 0.964 bits per heavy atom. The first-order valence-corrected chi connectivity index (χ1v) is 10.6. The van der Waals surface area contributed by atoms with Gasteiger partial charge in [0.15, 0.2) is 18.3 Å². The first-order valence-electron chi connectivity index (χ1n) is 10.6. The molecule has 0 unspecified atom stereocenters. The van der Waals surface area contributed by atoms with Gasteiger partial charge in [-0.25, -0.2) is 0 Å². The summed E-state index contributed by atoms with van der Waals surface area (Å²) >= 11 is 0. The molecule has 0 heterocycles. The number of ether oxygens (including phenoxy) is 5. The van der Waals surface area contributed by atoms with Gasteiger partial charge in [0, 0.05) is 14.2 Å². The second-order valence-corrected chi connectivity index (χ2v) is 8.85. The van der Waals surface area contributed by atoms with Crippen LogP contribution in [-0.4, -0.2) is 41.0 Å². The molecule has 5 nitrogen and oxygen atoms in total. The summed E-state index contributed by atoms with van der Waals surface area (Å²) < 4.78 is 27.7. The molecule has 0 saturated heterocycles. The van der Waals surface area contributed by atoms with Crippen LogP contribution in [0.3, 0.4) is 0 Å². The third-order valence-corrected chi connectivity index (χ3v) is 7.64. The number of hydrogen-bond acceptors (Lipinski definition) is 5. The minimum atomic E-state index is 0.241. The summed E-state index contributed by atoms with van der Waals surface area (Å²) in [5, 5.41) is 0. The molecule has 2 saturated carbocycles. The van der Waals surface area contributed by atoms with Crippen molar-refractivity contribution < 1.29 is 23.7 Å². The van der Waals surface area contributed by atoms with E-state index in [-0.39, 0.29) is 12.2 Å². The molecule has 1 aromatic rings. The van der Waals surface area contributed by atoms with E-state index >= 15 is 0 Å². The summed E-state index contributed by atoms with van der Waals surface area (Å²) in [6.07, 6.45) is 7.57. The maximum Gasteiger partial charge on any atom is 0.188 e. The molecule has 3 aliphatic rings. The normalized spacial score (nSPS) is 33.7. The van der Waals surface area contributed by atoms with Crippen LogP contribution in [0.2, 0.25) is 0 Å². The number of hydrogen-bond donors (Lipinski definition) is 0. The summed E-state index contributed by atoms with van der Waals surface area (Å²) in [7, 11) is 5.07. The van der Waals surface area contributed by atoms with Gasteiger partial charge in [-0.1, -0.05) is 6.92 Å². The van der Waals surface area contributed by atoms with Crippen molar-refractivity contribution in [3.63, 3.8) is 0 Å². The zero-order valence-corrected chi connectivity index (χ0v) is 17.7. The maximum atomic E-state index is 6.09. The Morgan fingerprint density at radius 3 is 2.54 bits per heavy atom. The maximum absolute atomic E-state index is 6.09. The lowest BCUT2D eigenvalue weighted by Gasteiger charge is -2.50. The monoisotopic (exact) mass is 390 g/mol. The zero-order valence-electron chi connectivity index (χ0n) is 17.7. The molecular formula is C23H34O5. The number of fused-ring (bicyclic) bond motifs is 5. The van der Waals surface area contributed by atoms with Crippen LogP contribution >= 0.6 is 0 Å². The van der Waals surface area contributed by atoms with E-state index < -0.39 is 0 Å². The van der Waals surface area contributed by atoms with Crippen molar-refractivity contribution in [1.82, 2.24) is 0 Å². The minimum absolute atomic E-state index is 0.241. The van der Waals surface area contributed by atoms with E-state index in [9.17, 15) is 0 Å².